The van der Waals surface area contributed by atoms with E-state index in [1.165, 1.54) is 32.1 Å². The largest absolute Gasteiger partial charge is 0.273 e. The zero-order valence-electron chi connectivity index (χ0n) is 7.91. The van der Waals surface area contributed by atoms with E-state index < -0.39 is 0 Å². The molecule has 0 aromatic rings. The molecule has 3 heteroatoms. The van der Waals surface area contributed by atoms with Crippen molar-refractivity contribution in [3.8, 4) is 0 Å². The Hall–Kier alpha value is -0.860. The second-order valence-electron chi connectivity index (χ2n) is 3.98. The van der Waals surface area contributed by atoms with Crippen LogP contribution in [0.3, 0.4) is 0 Å². The minimum Gasteiger partial charge on any atom is -0.273 e. The van der Waals surface area contributed by atoms with E-state index in [0.29, 0.717) is 12.3 Å². The predicted octanol–water partition coefficient (Wildman–Crippen LogP) is 1.78. The van der Waals surface area contributed by atoms with Crippen LogP contribution in [0.25, 0.3) is 0 Å². The number of hydrazone groups is 1. The van der Waals surface area contributed by atoms with Gasteiger partial charge in [0.25, 0.3) is 0 Å². The molecule has 0 spiro atoms. The number of amides is 1. The van der Waals surface area contributed by atoms with Gasteiger partial charge in [-0.25, -0.2) is 5.01 Å². The molecule has 0 unspecified atom stereocenters. The summed E-state index contributed by atoms with van der Waals surface area (Å²) in [4.78, 5) is 11.2. The van der Waals surface area contributed by atoms with Crippen molar-refractivity contribution in [1.82, 2.24) is 5.01 Å². The number of hydrogen-bond donors (Lipinski definition) is 0. The summed E-state index contributed by atoms with van der Waals surface area (Å²) in [7, 11) is 0. The SMILES string of the molecule is O=C1CC=NN1CC1CCCCC1. The van der Waals surface area contributed by atoms with Gasteiger partial charge in [0.2, 0.25) is 5.91 Å². The molecule has 72 valence electrons. The molecule has 0 radical (unpaired) electrons. The van der Waals surface area contributed by atoms with E-state index in [1.54, 1.807) is 11.2 Å². The van der Waals surface area contributed by atoms with Gasteiger partial charge in [0, 0.05) is 12.8 Å². The van der Waals surface area contributed by atoms with Crippen LogP contribution in [0.15, 0.2) is 5.10 Å². The molecule has 2 rings (SSSR count). The van der Waals surface area contributed by atoms with E-state index in [2.05, 4.69) is 5.10 Å². The zero-order valence-corrected chi connectivity index (χ0v) is 7.91. The molecule has 0 atom stereocenters. The number of carbonyl (C=O) groups excluding carboxylic acids is 1. The number of hydrogen-bond acceptors (Lipinski definition) is 2. The van der Waals surface area contributed by atoms with Crippen molar-refractivity contribution < 1.29 is 4.79 Å². The Bertz CT molecular complexity index is 219. The van der Waals surface area contributed by atoms with Gasteiger partial charge in [-0.1, -0.05) is 19.3 Å². The summed E-state index contributed by atoms with van der Waals surface area (Å²) in [6, 6.07) is 0. The Balaban J connectivity index is 1.82. The topological polar surface area (TPSA) is 32.7 Å². The molecule has 1 aliphatic carbocycles. The van der Waals surface area contributed by atoms with Crippen molar-refractivity contribution in [3.63, 3.8) is 0 Å². The summed E-state index contributed by atoms with van der Waals surface area (Å²) in [6.45, 7) is 0.856. The quantitative estimate of drug-likeness (QED) is 0.637. The Morgan fingerprint density at radius 3 is 2.77 bits per heavy atom. The average molecular weight is 180 g/mol. The first-order valence-corrected chi connectivity index (χ1v) is 5.19. The van der Waals surface area contributed by atoms with Gasteiger partial charge in [-0.2, -0.15) is 5.10 Å². The van der Waals surface area contributed by atoms with Crippen molar-refractivity contribution in [2.75, 3.05) is 6.54 Å². The standard InChI is InChI=1S/C10H16N2O/c13-10-6-7-11-12(10)8-9-4-2-1-3-5-9/h7,9H,1-6,8H2. The molecule has 0 aromatic heterocycles. The van der Waals surface area contributed by atoms with Gasteiger partial charge in [-0.05, 0) is 18.8 Å². The maximum absolute atomic E-state index is 11.2. The third-order valence-electron chi connectivity index (χ3n) is 2.93. The van der Waals surface area contributed by atoms with E-state index in [-0.39, 0.29) is 5.91 Å². The average Bonchev–Trinajstić information content (AvgIpc) is 2.54. The second kappa shape index (κ2) is 3.90. The van der Waals surface area contributed by atoms with Gasteiger partial charge in [0.15, 0.2) is 0 Å². The van der Waals surface area contributed by atoms with Crippen LogP contribution in [0, 0.1) is 5.92 Å². The van der Waals surface area contributed by atoms with Crippen LogP contribution in [-0.4, -0.2) is 23.7 Å². The van der Waals surface area contributed by atoms with Crippen LogP contribution in [-0.2, 0) is 4.79 Å². The lowest BCUT2D eigenvalue weighted by Crippen LogP contribution is -2.28. The molecule has 1 aliphatic heterocycles. The van der Waals surface area contributed by atoms with E-state index >= 15 is 0 Å². The summed E-state index contributed by atoms with van der Waals surface area (Å²) in [5, 5.41) is 5.72. The maximum Gasteiger partial charge on any atom is 0.248 e. The smallest absolute Gasteiger partial charge is 0.248 e. The highest BCUT2D eigenvalue weighted by atomic mass is 16.2. The monoisotopic (exact) mass is 180 g/mol. The minimum atomic E-state index is 0.172. The molecule has 3 nitrogen and oxygen atoms in total. The molecule has 13 heavy (non-hydrogen) atoms. The molecule has 0 saturated heterocycles. The van der Waals surface area contributed by atoms with Crippen molar-refractivity contribution in [1.29, 1.82) is 0 Å². The Kier molecular flexibility index (Phi) is 2.62. The molecule has 1 heterocycles. The minimum absolute atomic E-state index is 0.172. The fraction of sp³-hybridized carbons (Fsp3) is 0.800. The lowest BCUT2D eigenvalue weighted by Gasteiger charge is -2.24. The molecule has 0 N–H and O–H groups in total. The van der Waals surface area contributed by atoms with Gasteiger partial charge < -0.3 is 0 Å². The van der Waals surface area contributed by atoms with Gasteiger partial charge >= 0.3 is 0 Å². The highest BCUT2D eigenvalue weighted by Crippen LogP contribution is 2.25. The number of carbonyl (C=O) groups is 1. The summed E-state index contributed by atoms with van der Waals surface area (Å²) in [5.74, 6) is 0.874. The van der Waals surface area contributed by atoms with Gasteiger partial charge in [0.1, 0.15) is 0 Å². The Labute approximate surface area is 78.8 Å². The Morgan fingerprint density at radius 1 is 1.38 bits per heavy atom. The fourth-order valence-electron chi connectivity index (χ4n) is 2.15. The summed E-state index contributed by atoms with van der Waals surface area (Å²) >= 11 is 0. The second-order valence-corrected chi connectivity index (χ2v) is 3.98. The lowest BCUT2D eigenvalue weighted by atomic mass is 9.89. The van der Waals surface area contributed by atoms with E-state index in [0.717, 1.165) is 6.54 Å². The molecule has 1 amide bonds. The molecule has 0 aromatic carbocycles. The van der Waals surface area contributed by atoms with Gasteiger partial charge in [0.05, 0.1) is 6.42 Å². The van der Waals surface area contributed by atoms with Crippen molar-refractivity contribution >= 4 is 12.1 Å². The van der Waals surface area contributed by atoms with E-state index in [4.69, 9.17) is 0 Å². The first-order valence-electron chi connectivity index (χ1n) is 5.19. The third kappa shape index (κ3) is 2.08. The number of rotatable bonds is 2. The predicted molar refractivity (Wildman–Crippen MR) is 51.4 cm³/mol. The number of nitrogens with zero attached hydrogens (tertiary/aromatic N) is 2. The molecule has 2 aliphatic rings. The van der Waals surface area contributed by atoms with E-state index in [1.807, 2.05) is 0 Å². The highest BCUT2D eigenvalue weighted by molar-refractivity contribution is 5.93. The normalized spacial score (nSPS) is 24.3. The van der Waals surface area contributed by atoms with Gasteiger partial charge in [-0.15, -0.1) is 0 Å². The molecule has 1 fully saturated rings. The van der Waals surface area contributed by atoms with Crippen LogP contribution in [0.1, 0.15) is 38.5 Å². The Morgan fingerprint density at radius 2 is 2.15 bits per heavy atom. The van der Waals surface area contributed by atoms with Crippen molar-refractivity contribution in [2.45, 2.75) is 38.5 Å². The lowest BCUT2D eigenvalue weighted by molar-refractivity contribution is -0.129. The fourth-order valence-corrected chi connectivity index (χ4v) is 2.15. The highest BCUT2D eigenvalue weighted by Gasteiger charge is 2.22. The van der Waals surface area contributed by atoms with Crippen LogP contribution in [0.5, 0.6) is 0 Å². The zero-order chi connectivity index (χ0) is 9.10. The molecular formula is C10H16N2O. The summed E-state index contributed by atoms with van der Waals surface area (Å²) < 4.78 is 0. The van der Waals surface area contributed by atoms with Crippen LogP contribution >= 0.6 is 0 Å². The van der Waals surface area contributed by atoms with E-state index in [9.17, 15) is 4.79 Å². The molecule has 0 bridgehead atoms. The first-order chi connectivity index (χ1) is 6.36. The van der Waals surface area contributed by atoms with Crippen molar-refractivity contribution in [2.24, 2.45) is 11.0 Å². The van der Waals surface area contributed by atoms with Gasteiger partial charge in [-0.3, -0.25) is 4.79 Å². The first kappa shape index (κ1) is 8.73. The third-order valence-corrected chi connectivity index (χ3v) is 2.93. The molecule has 1 saturated carbocycles. The summed E-state index contributed by atoms with van der Waals surface area (Å²) in [6.07, 6.45) is 8.80. The molecular weight excluding hydrogens is 164 g/mol. The van der Waals surface area contributed by atoms with Crippen LogP contribution in [0.4, 0.5) is 0 Å². The van der Waals surface area contributed by atoms with Crippen molar-refractivity contribution in [3.05, 3.63) is 0 Å². The maximum atomic E-state index is 11.2. The summed E-state index contributed by atoms with van der Waals surface area (Å²) in [5.41, 5.74) is 0. The van der Waals surface area contributed by atoms with Crippen LogP contribution < -0.4 is 0 Å². The van der Waals surface area contributed by atoms with Crippen LogP contribution in [0.2, 0.25) is 0 Å².